The molecule has 2 heterocycles. The van der Waals surface area contributed by atoms with Crippen LogP contribution in [0.2, 0.25) is 5.02 Å². The van der Waals surface area contributed by atoms with Crippen molar-refractivity contribution in [2.75, 3.05) is 0 Å². The van der Waals surface area contributed by atoms with Gasteiger partial charge in [-0.25, -0.2) is 4.98 Å². The monoisotopic (exact) mass is 259 g/mol. The lowest BCUT2D eigenvalue weighted by atomic mass is 10.1. The largest absolute Gasteiger partial charge is 0.324 e. The molecule has 1 unspecified atom stereocenters. The lowest BCUT2D eigenvalue weighted by molar-refractivity contribution is 0.803. The number of hydrogen-bond donors (Lipinski definition) is 2. The van der Waals surface area contributed by atoms with Gasteiger partial charge in [0, 0.05) is 23.2 Å². The van der Waals surface area contributed by atoms with E-state index in [-0.39, 0.29) is 24.0 Å². The Bertz CT molecular complexity index is 565. The molecule has 0 bridgehead atoms. The molecule has 0 amide bonds. The molecule has 0 aromatic carbocycles. The summed E-state index contributed by atoms with van der Waals surface area (Å²) in [5.74, 6) is 0. The van der Waals surface area contributed by atoms with E-state index in [2.05, 4.69) is 9.97 Å². The summed E-state index contributed by atoms with van der Waals surface area (Å²) >= 11 is 5.80. The lowest BCUT2D eigenvalue weighted by Gasteiger charge is -2.05. The van der Waals surface area contributed by atoms with Crippen LogP contribution in [0.4, 0.5) is 0 Å². The van der Waals surface area contributed by atoms with Crippen molar-refractivity contribution in [2.24, 2.45) is 5.73 Å². The number of H-pyrrole nitrogens is 1. The van der Waals surface area contributed by atoms with Crippen LogP contribution in [0.15, 0.2) is 23.1 Å². The molecule has 3 N–H and O–H groups in total. The average molecular weight is 260 g/mol. The standard InChI is InChI=1S/C10H10ClN3O.ClH/c1-5(12)8-3-6-2-7(11)4-13-9(6)14-10(8)15;/h2-5H,12H2,1H3,(H,13,14,15);1H. The maximum Gasteiger partial charge on any atom is 0.254 e. The van der Waals surface area contributed by atoms with E-state index in [0.717, 1.165) is 5.39 Å². The molecule has 0 aliphatic heterocycles. The van der Waals surface area contributed by atoms with Gasteiger partial charge in [-0.15, -0.1) is 12.4 Å². The molecular formula is C10H11Cl2N3O. The zero-order valence-electron chi connectivity index (χ0n) is 8.53. The first-order valence-electron chi connectivity index (χ1n) is 4.52. The number of halogens is 2. The van der Waals surface area contributed by atoms with Crippen molar-refractivity contribution >= 4 is 35.0 Å². The second-order valence-corrected chi connectivity index (χ2v) is 3.87. The maximum atomic E-state index is 11.6. The molecule has 0 saturated heterocycles. The van der Waals surface area contributed by atoms with Gasteiger partial charge < -0.3 is 10.7 Å². The minimum Gasteiger partial charge on any atom is -0.324 e. The van der Waals surface area contributed by atoms with E-state index in [4.69, 9.17) is 17.3 Å². The van der Waals surface area contributed by atoms with Crippen molar-refractivity contribution in [1.29, 1.82) is 0 Å². The molecule has 4 nitrogen and oxygen atoms in total. The maximum absolute atomic E-state index is 11.6. The number of nitrogens with two attached hydrogens (primary N) is 1. The van der Waals surface area contributed by atoms with E-state index in [1.807, 2.05) is 0 Å². The molecule has 0 spiro atoms. The number of fused-ring (bicyclic) bond motifs is 1. The van der Waals surface area contributed by atoms with Gasteiger partial charge >= 0.3 is 0 Å². The SMILES string of the molecule is CC(N)c1cc2cc(Cl)cnc2[nH]c1=O.Cl. The Labute approximate surface area is 103 Å². The minimum atomic E-state index is -0.308. The third kappa shape index (κ3) is 2.35. The zero-order valence-corrected chi connectivity index (χ0v) is 10.1. The molecule has 0 aliphatic rings. The minimum absolute atomic E-state index is 0. The van der Waals surface area contributed by atoms with Crippen LogP contribution >= 0.6 is 24.0 Å². The summed E-state index contributed by atoms with van der Waals surface area (Å²) in [7, 11) is 0. The highest BCUT2D eigenvalue weighted by Crippen LogP contribution is 2.16. The molecule has 2 rings (SSSR count). The van der Waals surface area contributed by atoms with Crippen LogP contribution < -0.4 is 11.3 Å². The number of hydrogen-bond acceptors (Lipinski definition) is 3. The van der Waals surface area contributed by atoms with E-state index < -0.39 is 0 Å². The predicted molar refractivity (Wildman–Crippen MR) is 67.2 cm³/mol. The summed E-state index contributed by atoms with van der Waals surface area (Å²) < 4.78 is 0. The molecule has 6 heteroatoms. The number of pyridine rings is 2. The molecular weight excluding hydrogens is 249 g/mol. The summed E-state index contributed by atoms with van der Waals surface area (Å²) in [4.78, 5) is 18.2. The van der Waals surface area contributed by atoms with Crippen molar-refractivity contribution in [2.45, 2.75) is 13.0 Å². The van der Waals surface area contributed by atoms with Gasteiger partial charge in [-0.1, -0.05) is 11.6 Å². The number of aromatic amines is 1. The zero-order chi connectivity index (χ0) is 11.0. The number of nitrogens with zero attached hydrogens (tertiary/aromatic N) is 1. The van der Waals surface area contributed by atoms with Crippen LogP contribution in [-0.2, 0) is 0 Å². The molecule has 2 aromatic heterocycles. The second kappa shape index (κ2) is 4.82. The molecule has 0 aliphatic carbocycles. The molecule has 2 aromatic rings. The van der Waals surface area contributed by atoms with Gasteiger partial charge in [-0.2, -0.15) is 0 Å². The number of aromatic nitrogens is 2. The third-order valence-electron chi connectivity index (χ3n) is 2.18. The average Bonchev–Trinajstić information content (AvgIpc) is 2.17. The lowest BCUT2D eigenvalue weighted by Crippen LogP contribution is -2.19. The Morgan fingerprint density at radius 3 is 2.81 bits per heavy atom. The quantitative estimate of drug-likeness (QED) is 0.823. The van der Waals surface area contributed by atoms with Gasteiger partial charge in [0.05, 0.1) is 5.02 Å². The number of rotatable bonds is 1. The highest BCUT2D eigenvalue weighted by molar-refractivity contribution is 6.31. The van der Waals surface area contributed by atoms with Gasteiger partial charge in [0.25, 0.3) is 5.56 Å². The van der Waals surface area contributed by atoms with Gasteiger partial charge in [-0.05, 0) is 19.1 Å². The fraction of sp³-hybridized carbons (Fsp3) is 0.200. The van der Waals surface area contributed by atoms with Crippen molar-refractivity contribution in [3.05, 3.63) is 39.3 Å². The van der Waals surface area contributed by atoms with Gasteiger partial charge in [0.15, 0.2) is 0 Å². The van der Waals surface area contributed by atoms with Gasteiger partial charge in [0.2, 0.25) is 0 Å². The van der Waals surface area contributed by atoms with Crippen LogP contribution in [-0.4, -0.2) is 9.97 Å². The van der Waals surface area contributed by atoms with E-state index in [1.54, 1.807) is 19.1 Å². The summed E-state index contributed by atoms with van der Waals surface area (Å²) in [5.41, 5.74) is 6.52. The first-order valence-corrected chi connectivity index (χ1v) is 4.90. The van der Waals surface area contributed by atoms with Crippen molar-refractivity contribution < 1.29 is 0 Å². The van der Waals surface area contributed by atoms with Gasteiger partial charge in [-0.3, -0.25) is 4.79 Å². The van der Waals surface area contributed by atoms with Gasteiger partial charge in [0.1, 0.15) is 5.65 Å². The number of nitrogens with one attached hydrogen (secondary N) is 1. The third-order valence-corrected chi connectivity index (χ3v) is 2.39. The van der Waals surface area contributed by atoms with E-state index in [1.165, 1.54) is 6.20 Å². The Morgan fingerprint density at radius 1 is 1.50 bits per heavy atom. The van der Waals surface area contributed by atoms with Crippen LogP contribution in [0, 0.1) is 0 Å². The highest BCUT2D eigenvalue weighted by atomic mass is 35.5. The summed E-state index contributed by atoms with van der Waals surface area (Å²) in [6.07, 6.45) is 1.49. The predicted octanol–water partition coefficient (Wildman–Crippen LogP) is 2.02. The Hall–Kier alpha value is -1.10. The van der Waals surface area contributed by atoms with Crippen LogP contribution in [0.5, 0.6) is 0 Å². The topological polar surface area (TPSA) is 71.8 Å². The second-order valence-electron chi connectivity index (χ2n) is 3.43. The molecule has 0 fully saturated rings. The van der Waals surface area contributed by atoms with Crippen LogP contribution in [0.1, 0.15) is 18.5 Å². The van der Waals surface area contributed by atoms with E-state index >= 15 is 0 Å². The Morgan fingerprint density at radius 2 is 2.19 bits per heavy atom. The molecule has 1 atom stereocenters. The Kier molecular flexibility index (Phi) is 3.91. The van der Waals surface area contributed by atoms with Crippen molar-refractivity contribution in [3.63, 3.8) is 0 Å². The molecule has 0 radical (unpaired) electrons. The highest BCUT2D eigenvalue weighted by Gasteiger charge is 2.07. The fourth-order valence-corrected chi connectivity index (χ4v) is 1.59. The van der Waals surface area contributed by atoms with Crippen LogP contribution in [0.3, 0.4) is 0 Å². The summed E-state index contributed by atoms with van der Waals surface area (Å²) in [6.45, 7) is 1.76. The van der Waals surface area contributed by atoms with E-state index in [9.17, 15) is 4.79 Å². The molecule has 0 saturated carbocycles. The van der Waals surface area contributed by atoms with Crippen molar-refractivity contribution in [1.82, 2.24) is 9.97 Å². The summed E-state index contributed by atoms with van der Waals surface area (Å²) in [5, 5.41) is 1.32. The first kappa shape index (κ1) is 13.0. The van der Waals surface area contributed by atoms with Crippen LogP contribution in [0.25, 0.3) is 11.0 Å². The Balaban J connectivity index is 0.00000128. The first-order chi connectivity index (χ1) is 7.08. The normalized spacial score (nSPS) is 12.2. The summed E-state index contributed by atoms with van der Waals surface area (Å²) in [6, 6.07) is 3.15. The fourth-order valence-electron chi connectivity index (χ4n) is 1.42. The van der Waals surface area contributed by atoms with E-state index in [0.29, 0.717) is 16.2 Å². The smallest absolute Gasteiger partial charge is 0.254 e. The molecule has 86 valence electrons. The molecule has 16 heavy (non-hydrogen) atoms. The van der Waals surface area contributed by atoms with Crippen molar-refractivity contribution in [3.8, 4) is 0 Å².